The number of rotatable bonds is 7. The molecule has 0 radical (unpaired) electrons. The maximum Gasteiger partial charge on any atom is 0.228 e. The van der Waals surface area contributed by atoms with E-state index in [9.17, 15) is 4.79 Å². The molecule has 1 atom stereocenters. The van der Waals surface area contributed by atoms with Crippen LogP contribution in [0.3, 0.4) is 0 Å². The Morgan fingerprint density at radius 1 is 1.36 bits per heavy atom. The van der Waals surface area contributed by atoms with Crippen LogP contribution in [-0.2, 0) is 4.79 Å². The highest BCUT2D eigenvalue weighted by Crippen LogP contribution is 2.23. The Hall–Kier alpha value is -2.41. The summed E-state index contributed by atoms with van der Waals surface area (Å²) in [6.07, 6.45) is 6.78. The lowest BCUT2D eigenvalue weighted by Gasteiger charge is -2.17. The number of likely N-dealkylation sites (tertiary alicyclic amines) is 1. The molecule has 2 aromatic heterocycles. The number of H-pyrrole nitrogens is 1. The molecule has 3 heterocycles. The third kappa shape index (κ3) is 4.57. The number of nitrogens with one attached hydrogen (secondary N) is 2. The van der Waals surface area contributed by atoms with E-state index in [0.29, 0.717) is 11.6 Å². The van der Waals surface area contributed by atoms with Crippen molar-refractivity contribution < 1.29 is 9.53 Å². The number of ether oxygens (including phenoxy) is 1. The van der Waals surface area contributed by atoms with E-state index in [2.05, 4.69) is 25.4 Å². The van der Waals surface area contributed by atoms with Crippen LogP contribution in [0.25, 0.3) is 11.3 Å². The van der Waals surface area contributed by atoms with Crippen LogP contribution >= 0.6 is 0 Å². The molecule has 25 heavy (non-hydrogen) atoms. The van der Waals surface area contributed by atoms with Crippen LogP contribution in [0.1, 0.15) is 26.2 Å². The SMILES string of the molecule is COc1cncc(-c2cc(NC(=O)C(C)CCN3CCCC3)n[nH]2)c1. The zero-order chi connectivity index (χ0) is 17.6. The number of nitrogens with zero attached hydrogens (tertiary/aromatic N) is 3. The Morgan fingerprint density at radius 3 is 2.92 bits per heavy atom. The standard InChI is InChI=1S/C18H25N5O2/c1-13(5-8-23-6-3-4-7-23)18(24)20-17-10-16(21-22-17)14-9-15(25-2)12-19-11-14/h9-13H,3-8H2,1-2H3,(H2,20,21,22,24). The third-order valence-electron chi connectivity index (χ3n) is 4.61. The van der Waals surface area contributed by atoms with Crippen molar-refractivity contribution in [2.75, 3.05) is 32.1 Å². The molecule has 0 aliphatic carbocycles. The lowest BCUT2D eigenvalue weighted by molar-refractivity contribution is -0.119. The third-order valence-corrected chi connectivity index (χ3v) is 4.61. The Labute approximate surface area is 147 Å². The average Bonchev–Trinajstić information content (AvgIpc) is 3.31. The van der Waals surface area contributed by atoms with E-state index in [1.165, 1.54) is 12.8 Å². The van der Waals surface area contributed by atoms with Crippen LogP contribution in [0.2, 0.25) is 0 Å². The molecular formula is C18H25N5O2. The average molecular weight is 343 g/mol. The molecule has 2 aromatic rings. The van der Waals surface area contributed by atoms with Gasteiger partial charge in [0, 0.05) is 23.7 Å². The molecule has 7 nitrogen and oxygen atoms in total. The van der Waals surface area contributed by atoms with Gasteiger partial charge in [0.15, 0.2) is 5.82 Å². The normalized spacial score (nSPS) is 15.9. The number of hydrogen-bond acceptors (Lipinski definition) is 5. The highest BCUT2D eigenvalue weighted by Gasteiger charge is 2.18. The van der Waals surface area contributed by atoms with Crippen LogP contribution in [0.5, 0.6) is 5.75 Å². The fourth-order valence-corrected chi connectivity index (χ4v) is 2.97. The number of amides is 1. The Morgan fingerprint density at radius 2 is 2.16 bits per heavy atom. The number of anilines is 1. The van der Waals surface area contributed by atoms with Gasteiger partial charge in [0.1, 0.15) is 5.75 Å². The van der Waals surface area contributed by atoms with E-state index in [0.717, 1.165) is 37.3 Å². The summed E-state index contributed by atoms with van der Waals surface area (Å²) in [5, 5.41) is 9.98. The van der Waals surface area contributed by atoms with Crippen LogP contribution in [0, 0.1) is 5.92 Å². The predicted molar refractivity (Wildman–Crippen MR) is 96.5 cm³/mol. The van der Waals surface area contributed by atoms with Crippen molar-refractivity contribution in [1.29, 1.82) is 0 Å². The molecule has 1 saturated heterocycles. The summed E-state index contributed by atoms with van der Waals surface area (Å²) in [6.45, 7) is 5.26. The van der Waals surface area contributed by atoms with Crippen LogP contribution in [0.4, 0.5) is 5.82 Å². The maximum absolute atomic E-state index is 12.3. The number of aromatic amines is 1. The number of carbonyl (C=O) groups is 1. The number of carbonyl (C=O) groups excluding carboxylic acids is 1. The van der Waals surface area contributed by atoms with Crippen LogP contribution in [-0.4, -0.2) is 52.7 Å². The van der Waals surface area contributed by atoms with E-state index in [4.69, 9.17) is 4.74 Å². The van der Waals surface area contributed by atoms with Gasteiger partial charge < -0.3 is 15.0 Å². The number of aromatic nitrogens is 3. The zero-order valence-electron chi connectivity index (χ0n) is 14.8. The Bertz CT molecular complexity index is 709. The van der Waals surface area contributed by atoms with Gasteiger partial charge in [-0.15, -0.1) is 0 Å². The molecule has 1 aliphatic rings. The summed E-state index contributed by atoms with van der Waals surface area (Å²) in [5.41, 5.74) is 1.64. The van der Waals surface area contributed by atoms with Gasteiger partial charge in [0.2, 0.25) is 5.91 Å². The van der Waals surface area contributed by atoms with Crippen LogP contribution in [0.15, 0.2) is 24.5 Å². The zero-order valence-corrected chi connectivity index (χ0v) is 14.8. The first-order valence-electron chi connectivity index (χ1n) is 8.74. The molecule has 2 N–H and O–H groups in total. The van der Waals surface area contributed by atoms with Crippen molar-refractivity contribution in [2.24, 2.45) is 5.92 Å². The second-order valence-corrected chi connectivity index (χ2v) is 6.51. The quantitative estimate of drug-likeness (QED) is 0.807. The summed E-state index contributed by atoms with van der Waals surface area (Å²) < 4.78 is 5.18. The van der Waals surface area contributed by atoms with Gasteiger partial charge in [0.25, 0.3) is 0 Å². The van der Waals surface area contributed by atoms with Crippen molar-refractivity contribution >= 4 is 11.7 Å². The van der Waals surface area contributed by atoms with Gasteiger partial charge in [-0.05, 0) is 45.0 Å². The van der Waals surface area contributed by atoms with E-state index in [1.807, 2.05) is 19.1 Å². The topological polar surface area (TPSA) is 83.1 Å². The largest absolute Gasteiger partial charge is 0.495 e. The van der Waals surface area contributed by atoms with Crippen molar-refractivity contribution in [2.45, 2.75) is 26.2 Å². The first kappa shape index (κ1) is 17.4. The summed E-state index contributed by atoms with van der Waals surface area (Å²) in [6, 6.07) is 3.67. The Kier molecular flexibility index (Phi) is 5.65. The minimum absolute atomic E-state index is 0.000939. The van der Waals surface area contributed by atoms with Crippen molar-refractivity contribution in [3.05, 3.63) is 24.5 Å². The lowest BCUT2D eigenvalue weighted by Crippen LogP contribution is -2.27. The smallest absolute Gasteiger partial charge is 0.228 e. The summed E-state index contributed by atoms with van der Waals surface area (Å²) in [7, 11) is 1.60. The van der Waals surface area contributed by atoms with Gasteiger partial charge in [-0.25, -0.2) is 0 Å². The van der Waals surface area contributed by atoms with E-state index >= 15 is 0 Å². The molecular weight excluding hydrogens is 318 g/mol. The van der Waals surface area contributed by atoms with E-state index in [-0.39, 0.29) is 11.8 Å². The van der Waals surface area contributed by atoms with Crippen molar-refractivity contribution in [3.63, 3.8) is 0 Å². The fraction of sp³-hybridized carbons (Fsp3) is 0.500. The summed E-state index contributed by atoms with van der Waals surface area (Å²) in [4.78, 5) is 18.9. The molecule has 3 rings (SSSR count). The molecule has 1 fully saturated rings. The van der Waals surface area contributed by atoms with Gasteiger partial charge in [-0.2, -0.15) is 5.10 Å². The number of hydrogen-bond donors (Lipinski definition) is 2. The minimum atomic E-state index is -0.0424. The second kappa shape index (κ2) is 8.11. The number of pyridine rings is 1. The van der Waals surface area contributed by atoms with E-state index < -0.39 is 0 Å². The van der Waals surface area contributed by atoms with Crippen molar-refractivity contribution in [3.8, 4) is 17.0 Å². The van der Waals surface area contributed by atoms with Gasteiger partial charge in [-0.1, -0.05) is 6.92 Å². The highest BCUT2D eigenvalue weighted by molar-refractivity contribution is 5.91. The van der Waals surface area contributed by atoms with Gasteiger partial charge in [0.05, 0.1) is 19.0 Å². The maximum atomic E-state index is 12.3. The molecule has 0 saturated carbocycles. The minimum Gasteiger partial charge on any atom is -0.495 e. The van der Waals surface area contributed by atoms with Crippen LogP contribution < -0.4 is 10.1 Å². The summed E-state index contributed by atoms with van der Waals surface area (Å²) >= 11 is 0. The summed E-state index contributed by atoms with van der Waals surface area (Å²) in [5.74, 6) is 1.16. The predicted octanol–water partition coefficient (Wildman–Crippen LogP) is 2.54. The highest BCUT2D eigenvalue weighted by atomic mass is 16.5. The fourth-order valence-electron chi connectivity index (χ4n) is 2.97. The molecule has 1 amide bonds. The van der Waals surface area contributed by atoms with E-state index in [1.54, 1.807) is 19.5 Å². The molecule has 0 bridgehead atoms. The monoisotopic (exact) mass is 343 g/mol. The molecule has 0 spiro atoms. The Balaban J connectivity index is 1.55. The van der Waals surface area contributed by atoms with Gasteiger partial charge in [-0.3, -0.25) is 14.9 Å². The lowest BCUT2D eigenvalue weighted by atomic mass is 10.1. The number of methoxy groups -OCH3 is 1. The first-order valence-corrected chi connectivity index (χ1v) is 8.74. The molecule has 134 valence electrons. The molecule has 1 unspecified atom stereocenters. The second-order valence-electron chi connectivity index (χ2n) is 6.51. The van der Waals surface area contributed by atoms with Crippen molar-refractivity contribution in [1.82, 2.24) is 20.1 Å². The van der Waals surface area contributed by atoms with Gasteiger partial charge >= 0.3 is 0 Å². The first-order chi connectivity index (χ1) is 12.2. The molecule has 0 aromatic carbocycles. The molecule has 7 heteroatoms. The molecule has 1 aliphatic heterocycles.